The minimum Gasteiger partial charge on any atom is -0.337 e. The van der Waals surface area contributed by atoms with Gasteiger partial charge < -0.3 is 4.98 Å². The second-order valence-corrected chi connectivity index (χ2v) is 4.75. The Kier molecular flexibility index (Phi) is 2.40. The van der Waals surface area contributed by atoms with E-state index in [9.17, 15) is 0 Å². The number of nitrogens with zero attached hydrogens (tertiary/aromatic N) is 2. The van der Waals surface area contributed by atoms with Crippen LogP contribution in [0, 0.1) is 20.8 Å². The van der Waals surface area contributed by atoms with Crippen molar-refractivity contribution in [3.63, 3.8) is 0 Å². The van der Waals surface area contributed by atoms with Gasteiger partial charge >= 0.3 is 0 Å². The van der Waals surface area contributed by atoms with E-state index in [4.69, 9.17) is 0 Å². The fourth-order valence-electron chi connectivity index (χ4n) is 2.53. The molecule has 90 valence electrons. The molecule has 0 fully saturated rings. The monoisotopic (exact) mass is 237 g/mol. The van der Waals surface area contributed by atoms with Crippen molar-refractivity contribution in [3.8, 4) is 11.4 Å². The zero-order valence-electron chi connectivity index (χ0n) is 10.8. The van der Waals surface area contributed by atoms with E-state index in [1.807, 2.05) is 12.3 Å². The summed E-state index contributed by atoms with van der Waals surface area (Å²) in [5.74, 6) is 0.924. The maximum atomic E-state index is 4.64. The van der Waals surface area contributed by atoms with Crippen molar-refractivity contribution in [2.24, 2.45) is 0 Å². The lowest BCUT2D eigenvalue weighted by Crippen LogP contribution is -1.91. The maximum Gasteiger partial charge on any atom is 0.139 e. The Labute approximate surface area is 106 Å². The van der Waals surface area contributed by atoms with Crippen LogP contribution in [0.25, 0.3) is 22.4 Å². The average Bonchev–Trinajstić information content (AvgIpc) is 2.70. The molecule has 0 aliphatic carbocycles. The third kappa shape index (κ3) is 1.68. The van der Waals surface area contributed by atoms with E-state index in [1.165, 1.54) is 22.3 Å². The van der Waals surface area contributed by atoms with E-state index in [2.05, 4.69) is 47.9 Å². The number of imidazole rings is 1. The largest absolute Gasteiger partial charge is 0.337 e. The van der Waals surface area contributed by atoms with Crippen molar-refractivity contribution in [2.45, 2.75) is 20.8 Å². The van der Waals surface area contributed by atoms with E-state index in [0.717, 1.165) is 16.9 Å². The molecule has 3 rings (SSSR count). The van der Waals surface area contributed by atoms with Crippen molar-refractivity contribution >= 4 is 11.0 Å². The normalized spacial score (nSPS) is 11.1. The summed E-state index contributed by atoms with van der Waals surface area (Å²) in [5, 5.41) is 0. The molecule has 0 atom stereocenters. The molecule has 3 heteroatoms. The number of pyridine rings is 1. The molecule has 0 spiro atoms. The fourth-order valence-corrected chi connectivity index (χ4v) is 2.53. The lowest BCUT2D eigenvalue weighted by molar-refractivity contribution is 1.25. The van der Waals surface area contributed by atoms with Gasteiger partial charge in [0, 0.05) is 11.8 Å². The SMILES string of the molecule is Cc1cc(C)c(-c2nc3ccncc3[nH]2)c(C)c1. The maximum absolute atomic E-state index is 4.64. The Morgan fingerprint density at radius 1 is 1.06 bits per heavy atom. The molecule has 0 saturated heterocycles. The van der Waals surface area contributed by atoms with Crippen LogP contribution >= 0.6 is 0 Å². The van der Waals surface area contributed by atoms with Gasteiger partial charge in [0.05, 0.1) is 17.2 Å². The van der Waals surface area contributed by atoms with Crippen LogP contribution in [0.1, 0.15) is 16.7 Å². The molecule has 0 aliphatic rings. The number of nitrogens with one attached hydrogen (secondary N) is 1. The number of hydrogen-bond donors (Lipinski definition) is 1. The number of hydrogen-bond acceptors (Lipinski definition) is 2. The minimum absolute atomic E-state index is 0.924. The van der Waals surface area contributed by atoms with Gasteiger partial charge in [-0.3, -0.25) is 4.98 Å². The lowest BCUT2D eigenvalue weighted by atomic mass is 9.99. The topological polar surface area (TPSA) is 41.6 Å². The van der Waals surface area contributed by atoms with Crippen LogP contribution in [0.5, 0.6) is 0 Å². The number of aromatic nitrogens is 3. The van der Waals surface area contributed by atoms with Crippen LogP contribution in [-0.4, -0.2) is 15.0 Å². The molecular weight excluding hydrogens is 222 g/mol. The number of rotatable bonds is 1. The number of aromatic amines is 1. The summed E-state index contributed by atoms with van der Waals surface area (Å²) in [5.41, 5.74) is 6.91. The van der Waals surface area contributed by atoms with Crippen LogP contribution in [0.3, 0.4) is 0 Å². The van der Waals surface area contributed by atoms with Gasteiger partial charge in [-0.15, -0.1) is 0 Å². The van der Waals surface area contributed by atoms with E-state index in [-0.39, 0.29) is 0 Å². The first-order valence-corrected chi connectivity index (χ1v) is 6.03. The highest BCUT2D eigenvalue weighted by molar-refractivity contribution is 5.79. The molecule has 0 saturated carbocycles. The fraction of sp³-hybridized carbons (Fsp3) is 0.200. The molecule has 1 aromatic carbocycles. The molecule has 0 unspecified atom stereocenters. The molecule has 2 aromatic heterocycles. The van der Waals surface area contributed by atoms with Gasteiger partial charge in [0.2, 0.25) is 0 Å². The zero-order chi connectivity index (χ0) is 12.7. The van der Waals surface area contributed by atoms with Gasteiger partial charge in [-0.2, -0.15) is 0 Å². The average molecular weight is 237 g/mol. The smallest absolute Gasteiger partial charge is 0.139 e. The Morgan fingerprint density at radius 2 is 1.78 bits per heavy atom. The first kappa shape index (κ1) is 11.0. The molecule has 3 nitrogen and oxygen atoms in total. The van der Waals surface area contributed by atoms with E-state index >= 15 is 0 Å². The van der Waals surface area contributed by atoms with Crippen LogP contribution in [0.2, 0.25) is 0 Å². The molecule has 3 aromatic rings. The summed E-state index contributed by atoms with van der Waals surface area (Å²) < 4.78 is 0. The predicted molar refractivity (Wildman–Crippen MR) is 73.5 cm³/mol. The summed E-state index contributed by atoms with van der Waals surface area (Å²) >= 11 is 0. The number of fused-ring (bicyclic) bond motifs is 1. The Hall–Kier alpha value is -2.16. The quantitative estimate of drug-likeness (QED) is 0.703. The second-order valence-electron chi connectivity index (χ2n) is 4.75. The summed E-state index contributed by atoms with van der Waals surface area (Å²) in [4.78, 5) is 12.1. The van der Waals surface area contributed by atoms with E-state index in [0.29, 0.717) is 0 Å². The minimum atomic E-state index is 0.924. The molecule has 0 amide bonds. The summed E-state index contributed by atoms with van der Waals surface area (Å²) in [6.45, 7) is 6.37. The third-order valence-electron chi connectivity index (χ3n) is 3.20. The first-order chi connectivity index (χ1) is 8.65. The summed E-state index contributed by atoms with van der Waals surface area (Å²) in [6, 6.07) is 6.30. The highest BCUT2D eigenvalue weighted by Crippen LogP contribution is 2.27. The van der Waals surface area contributed by atoms with Crippen molar-refractivity contribution in [3.05, 3.63) is 47.3 Å². The van der Waals surface area contributed by atoms with Crippen LogP contribution < -0.4 is 0 Å². The summed E-state index contributed by atoms with van der Waals surface area (Å²) in [7, 11) is 0. The van der Waals surface area contributed by atoms with Crippen LogP contribution in [0.15, 0.2) is 30.6 Å². The van der Waals surface area contributed by atoms with Gasteiger partial charge in [-0.1, -0.05) is 17.7 Å². The highest BCUT2D eigenvalue weighted by Gasteiger charge is 2.10. The summed E-state index contributed by atoms with van der Waals surface area (Å²) in [6.07, 6.45) is 3.58. The van der Waals surface area contributed by atoms with Gasteiger partial charge in [0.25, 0.3) is 0 Å². The molecule has 2 heterocycles. The van der Waals surface area contributed by atoms with E-state index < -0.39 is 0 Å². The number of benzene rings is 1. The molecular formula is C15H15N3. The third-order valence-corrected chi connectivity index (χ3v) is 3.20. The van der Waals surface area contributed by atoms with Gasteiger partial charge in [0.15, 0.2) is 0 Å². The zero-order valence-corrected chi connectivity index (χ0v) is 10.8. The molecule has 0 bridgehead atoms. The van der Waals surface area contributed by atoms with Crippen LogP contribution in [0.4, 0.5) is 0 Å². The Bertz CT molecular complexity index is 669. The van der Waals surface area contributed by atoms with Crippen molar-refractivity contribution < 1.29 is 0 Å². The van der Waals surface area contributed by atoms with E-state index in [1.54, 1.807) is 6.20 Å². The number of aryl methyl sites for hydroxylation is 3. The van der Waals surface area contributed by atoms with Gasteiger partial charge in [-0.25, -0.2) is 4.98 Å². The Balaban J connectivity index is 2.26. The van der Waals surface area contributed by atoms with Crippen molar-refractivity contribution in [1.29, 1.82) is 0 Å². The lowest BCUT2D eigenvalue weighted by Gasteiger charge is -2.08. The first-order valence-electron chi connectivity index (χ1n) is 6.03. The van der Waals surface area contributed by atoms with Crippen LogP contribution in [-0.2, 0) is 0 Å². The van der Waals surface area contributed by atoms with Crippen molar-refractivity contribution in [2.75, 3.05) is 0 Å². The highest BCUT2D eigenvalue weighted by atomic mass is 14.9. The number of H-pyrrole nitrogens is 1. The molecule has 0 radical (unpaired) electrons. The Morgan fingerprint density at radius 3 is 2.44 bits per heavy atom. The standard InChI is InChI=1S/C15H15N3/c1-9-6-10(2)14(11(3)7-9)15-17-12-4-5-16-8-13(12)18-15/h4-8H,1-3H3,(H,17,18). The predicted octanol–water partition coefficient (Wildman–Crippen LogP) is 3.55. The van der Waals surface area contributed by atoms with Gasteiger partial charge in [-0.05, 0) is 38.0 Å². The second kappa shape index (κ2) is 3.95. The van der Waals surface area contributed by atoms with Gasteiger partial charge in [0.1, 0.15) is 5.82 Å². The molecule has 1 N–H and O–H groups in total. The molecule has 18 heavy (non-hydrogen) atoms. The van der Waals surface area contributed by atoms with Crippen molar-refractivity contribution in [1.82, 2.24) is 15.0 Å². The molecule has 0 aliphatic heterocycles.